The van der Waals surface area contributed by atoms with Gasteiger partial charge >= 0.3 is 5.97 Å². The Morgan fingerprint density at radius 2 is 2.45 bits per heavy atom. The first-order valence-electron chi connectivity index (χ1n) is 3.18. The van der Waals surface area contributed by atoms with Crippen molar-refractivity contribution < 1.29 is 9.53 Å². The van der Waals surface area contributed by atoms with E-state index >= 15 is 0 Å². The van der Waals surface area contributed by atoms with Gasteiger partial charge in [-0.15, -0.1) is 11.3 Å². The fourth-order valence-corrected chi connectivity index (χ4v) is 2.98. The first kappa shape index (κ1) is 7.31. The van der Waals surface area contributed by atoms with Gasteiger partial charge in [0.2, 0.25) is 0 Å². The van der Waals surface area contributed by atoms with Crippen molar-refractivity contribution >= 4 is 33.2 Å². The molecule has 1 aromatic heterocycles. The first-order chi connectivity index (χ1) is 5.20. The number of esters is 1. The van der Waals surface area contributed by atoms with E-state index in [0.717, 1.165) is 14.9 Å². The summed E-state index contributed by atoms with van der Waals surface area (Å²) in [7, 11) is 0. The van der Waals surface area contributed by atoms with Gasteiger partial charge in [0, 0.05) is 15.4 Å². The smallest absolute Gasteiger partial charge is 0.349 e. The van der Waals surface area contributed by atoms with Crippen LogP contribution in [0.5, 0.6) is 0 Å². The molecule has 0 fully saturated rings. The van der Waals surface area contributed by atoms with E-state index in [0.29, 0.717) is 0 Å². The van der Waals surface area contributed by atoms with Gasteiger partial charge < -0.3 is 4.74 Å². The number of carbonyl (C=O) groups excluding carboxylic acids is 1. The molecule has 0 saturated heterocycles. The molecule has 0 amide bonds. The van der Waals surface area contributed by atoms with Crippen LogP contribution in [0.1, 0.15) is 28.3 Å². The van der Waals surface area contributed by atoms with Gasteiger partial charge in [-0.05, 0) is 22.9 Å². The molecule has 1 atom stereocenters. The number of cyclic esters (lactones) is 1. The summed E-state index contributed by atoms with van der Waals surface area (Å²) in [5.74, 6) is -0.191. The lowest BCUT2D eigenvalue weighted by Gasteiger charge is -2.00. The van der Waals surface area contributed by atoms with Crippen molar-refractivity contribution in [3.05, 3.63) is 20.3 Å². The van der Waals surface area contributed by atoms with Gasteiger partial charge in [-0.2, -0.15) is 0 Å². The molecule has 0 aliphatic carbocycles. The van der Waals surface area contributed by atoms with E-state index in [1.165, 1.54) is 11.3 Å². The largest absolute Gasteiger partial charge is 0.453 e. The van der Waals surface area contributed by atoms with E-state index in [4.69, 9.17) is 4.74 Å². The van der Waals surface area contributed by atoms with Crippen LogP contribution >= 0.6 is 27.3 Å². The third kappa shape index (κ3) is 0.929. The minimum absolute atomic E-state index is 0.0851. The quantitative estimate of drug-likeness (QED) is 0.644. The zero-order valence-electron chi connectivity index (χ0n) is 5.76. The van der Waals surface area contributed by atoms with Crippen molar-refractivity contribution in [1.29, 1.82) is 0 Å². The zero-order valence-corrected chi connectivity index (χ0v) is 8.16. The van der Waals surface area contributed by atoms with E-state index in [-0.39, 0.29) is 12.1 Å². The van der Waals surface area contributed by atoms with Gasteiger partial charge in [0.05, 0.1) is 0 Å². The maximum Gasteiger partial charge on any atom is 0.349 e. The molecule has 0 N–H and O–H groups in total. The minimum Gasteiger partial charge on any atom is -0.453 e. The third-order valence-electron chi connectivity index (χ3n) is 1.66. The number of fused-ring (bicyclic) bond motifs is 1. The summed E-state index contributed by atoms with van der Waals surface area (Å²) >= 11 is 4.79. The summed E-state index contributed by atoms with van der Waals surface area (Å²) in [5, 5.41) is 1.92. The van der Waals surface area contributed by atoms with Crippen LogP contribution in [0.3, 0.4) is 0 Å². The van der Waals surface area contributed by atoms with E-state index in [1.807, 2.05) is 12.3 Å². The Morgan fingerprint density at radius 3 is 3.09 bits per heavy atom. The predicted octanol–water partition coefficient (Wildman–Crippen LogP) is 2.74. The summed E-state index contributed by atoms with van der Waals surface area (Å²) in [6.45, 7) is 1.88. The highest BCUT2D eigenvalue weighted by atomic mass is 79.9. The maximum atomic E-state index is 11.1. The fraction of sp³-hybridized carbons (Fsp3) is 0.286. The van der Waals surface area contributed by atoms with Crippen LogP contribution in [-0.2, 0) is 4.74 Å². The zero-order chi connectivity index (χ0) is 8.01. The Kier molecular flexibility index (Phi) is 1.54. The second-order valence-corrected chi connectivity index (χ2v) is 4.11. The number of thiophene rings is 1. The van der Waals surface area contributed by atoms with E-state index < -0.39 is 0 Å². The fourth-order valence-electron chi connectivity index (χ4n) is 1.16. The van der Waals surface area contributed by atoms with Crippen molar-refractivity contribution in [2.75, 3.05) is 0 Å². The molecule has 2 rings (SSSR count). The molecule has 11 heavy (non-hydrogen) atoms. The molecular weight excluding hydrogens is 228 g/mol. The van der Waals surface area contributed by atoms with Crippen molar-refractivity contribution in [3.63, 3.8) is 0 Å². The van der Waals surface area contributed by atoms with Crippen LogP contribution in [0.25, 0.3) is 0 Å². The number of ether oxygens (including phenoxy) is 1. The molecule has 1 unspecified atom stereocenters. The van der Waals surface area contributed by atoms with Crippen molar-refractivity contribution in [2.45, 2.75) is 13.0 Å². The summed E-state index contributed by atoms with van der Waals surface area (Å²) in [6, 6.07) is 0. The van der Waals surface area contributed by atoms with Crippen molar-refractivity contribution in [1.82, 2.24) is 0 Å². The second kappa shape index (κ2) is 2.32. The lowest BCUT2D eigenvalue weighted by atomic mass is 10.2. The van der Waals surface area contributed by atoms with Gasteiger partial charge in [0.25, 0.3) is 0 Å². The highest BCUT2D eigenvalue weighted by Gasteiger charge is 2.31. The van der Waals surface area contributed by atoms with Crippen molar-refractivity contribution in [3.8, 4) is 0 Å². The molecule has 1 aromatic rings. The lowest BCUT2D eigenvalue weighted by Crippen LogP contribution is -1.93. The highest BCUT2D eigenvalue weighted by Crippen LogP contribution is 2.39. The Bertz CT molecular complexity index is 318. The van der Waals surface area contributed by atoms with Gasteiger partial charge in [0.1, 0.15) is 11.0 Å². The summed E-state index contributed by atoms with van der Waals surface area (Å²) in [5.41, 5.74) is 1.00. The molecule has 0 spiro atoms. The Balaban J connectivity index is 2.63. The van der Waals surface area contributed by atoms with Crippen LogP contribution in [0, 0.1) is 0 Å². The third-order valence-corrected chi connectivity index (χ3v) is 3.59. The standard InChI is InChI=1S/C7H5BrO2S/c1-3-5-4(8)2-11-6(5)7(9)10-3/h2-3H,1H3. The summed E-state index contributed by atoms with van der Waals surface area (Å²) in [4.78, 5) is 11.8. The number of rotatable bonds is 0. The maximum absolute atomic E-state index is 11.1. The normalized spacial score (nSPS) is 21.6. The Morgan fingerprint density at radius 1 is 1.73 bits per heavy atom. The van der Waals surface area contributed by atoms with Gasteiger partial charge in [0.15, 0.2) is 0 Å². The second-order valence-electron chi connectivity index (χ2n) is 2.37. The molecule has 4 heteroatoms. The van der Waals surface area contributed by atoms with E-state index in [9.17, 15) is 4.79 Å². The number of halogens is 1. The van der Waals surface area contributed by atoms with Gasteiger partial charge in [-0.25, -0.2) is 4.79 Å². The molecule has 0 aromatic carbocycles. The summed E-state index contributed by atoms with van der Waals surface area (Å²) < 4.78 is 5.98. The summed E-state index contributed by atoms with van der Waals surface area (Å²) in [6.07, 6.45) is -0.0851. The van der Waals surface area contributed by atoms with Crippen LogP contribution in [-0.4, -0.2) is 5.97 Å². The highest BCUT2D eigenvalue weighted by molar-refractivity contribution is 9.10. The van der Waals surface area contributed by atoms with Crippen LogP contribution in [0.2, 0.25) is 0 Å². The Hall–Kier alpha value is -0.350. The monoisotopic (exact) mass is 232 g/mol. The molecule has 1 aliphatic heterocycles. The molecule has 0 saturated carbocycles. The average molecular weight is 233 g/mol. The number of hydrogen-bond donors (Lipinski definition) is 0. The molecule has 2 nitrogen and oxygen atoms in total. The molecule has 1 aliphatic rings. The topological polar surface area (TPSA) is 26.3 Å². The molecule has 2 heterocycles. The molecule has 58 valence electrons. The average Bonchev–Trinajstić information content (AvgIpc) is 2.41. The minimum atomic E-state index is -0.191. The van der Waals surface area contributed by atoms with Crippen LogP contribution in [0.15, 0.2) is 9.85 Å². The van der Waals surface area contributed by atoms with Crippen LogP contribution in [0.4, 0.5) is 0 Å². The first-order valence-corrected chi connectivity index (χ1v) is 4.85. The van der Waals surface area contributed by atoms with Gasteiger partial charge in [-0.3, -0.25) is 0 Å². The predicted molar refractivity (Wildman–Crippen MR) is 45.8 cm³/mol. The number of carbonyl (C=O) groups is 1. The van der Waals surface area contributed by atoms with Crippen LogP contribution < -0.4 is 0 Å². The molecule has 0 radical (unpaired) electrons. The number of hydrogen-bond acceptors (Lipinski definition) is 3. The molecular formula is C7H5BrO2S. The Labute approximate surface area is 76.3 Å². The SMILES string of the molecule is CC1OC(=O)c2scc(Br)c21. The lowest BCUT2D eigenvalue weighted by molar-refractivity contribution is 0.0423. The van der Waals surface area contributed by atoms with Crippen molar-refractivity contribution in [2.24, 2.45) is 0 Å². The van der Waals surface area contributed by atoms with E-state index in [1.54, 1.807) is 0 Å². The van der Waals surface area contributed by atoms with Gasteiger partial charge in [-0.1, -0.05) is 0 Å². The van der Waals surface area contributed by atoms with E-state index in [2.05, 4.69) is 15.9 Å². The molecule has 0 bridgehead atoms.